The van der Waals surface area contributed by atoms with Gasteiger partial charge in [0.2, 0.25) is 0 Å². The molecule has 0 spiro atoms. The van der Waals surface area contributed by atoms with E-state index in [2.05, 4.69) is 105 Å². The molecular formula is C24H12Br2. The first-order valence-electron chi connectivity index (χ1n) is 8.59. The van der Waals surface area contributed by atoms with Crippen LogP contribution in [0.5, 0.6) is 0 Å². The minimum atomic E-state index is 1.09. The Balaban J connectivity index is 1.96. The Morgan fingerprint density at radius 3 is 1.92 bits per heavy atom. The maximum atomic E-state index is 3.76. The molecule has 0 aliphatic heterocycles. The van der Waals surface area contributed by atoms with E-state index in [4.69, 9.17) is 0 Å². The predicted molar refractivity (Wildman–Crippen MR) is 121 cm³/mol. The van der Waals surface area contributed by atoms with Gasteiger partial charge in [0.15, 0.2) is 0 Å². The highest BCUT2D eigenvalue weighted by Crippen LogP contribution is 2.43. The summed E-state index contributed by atoms with van der Waals surface area (Å²) in [6.07, 6.45) is 0. The lowest BCUT2D eigenvalue weighted by molar-refractivity contribution is 1.68. The molecule has 0 bridgehead atoms. The summed E-state index contributed by atoms with van der Waals surface area (Å²) in [5.41, 5.74) is 0. The molecule has 0 amide bonds. The predicted octanol–water partition coefficient (Wildman–Crippen LogP) is 8.42. The van der Waals surface area contributed by atoms with Gasteiger partial charge in [-0.1, -0.05) is 54.6 Å². The van der Waals surface area contributed by atoms with Crippen LogP contribution in [-0.2, 0) is 0 Å². The smallest absolute Gasteiger partial charge is 0.0396 e. The maximum absolute atomic E-state index is 3.76. The second-order valence-electron chi connectivity index (χ2n) is 6.85. The van der Waals surface area contributed by atoms with E-state index < -0.39 is 0 Å². The van der Waals surface area contributed by atoms with E-state index in [0.717, 1.165) is 8.95 Å². The summed E-state index contributed by atoms with van der Waals surface area (Å²) < 4.78 is 2.20. The molecule has 0 saturated heterocycles. The van der Waals surface area contributed by atoms with E-state index in [1.807, 2.05) is 0 Å². The molecule has 0 atom stereocenters. The second kappa shape index (κ2) is 5.18. The van der Waals surface area contributed by atoms with E-state index in [0.29, 0.717) is 0 Å². The molecule has 26 heavy (non-hydrogen) atoms. The third kappa shape index (κ3) is 1.84. The Bertz CT molecular complexity index is 1500. The lowest BCUT2D eigenvalue weighted by Gasteiger charge is -2.15. The molecule has 0 aromatic heterocycles. The van der Waals surface area contributed by atoms with Gasteiger partial charge in [-0.2, -0.15) is 0 Å². The van der Waals surface area contributed by atoms with Crippen molar-refractivity contribution in [3.05, 3.63) is 81.7 Å². The van der Waals surface area contributed by atoms with Crippen LogP contribution >= 0.6 is 31.9 Å². The van der Waals surface area contributed by atoms with Crippen molar-refractivity contribution in [1.29, 1.82) is 0 Å². The van der Waals surface area contributed by atoms with Crippen molar-refractivity contribution in [2.24, 2.45) is 0 Å². The van der Waals surface area contributed by atoms with Crippen LogP contribution in [0.2, 0.25) is 0 Å². The van der Waals surface area contributed by atoms with E-state index in [1.54, 1.807) is 0 Å². The van der Waals surface area contributed by atoms with E-state index >= 15 is 0 Å². The fourth-order valence-corrected chi connectivity index (χ4v) is 5.18. The van der Waals surface area contributed by atoms with Crippen molar-refractivity contribution >= 4 is 85.7 Å². The van der Waals surface area contributed by atoms with Crippen molar-refractivity contribution in [1.82, 2.24) is 0 Å². The van der Waals surface area contributed by atoms with Gasteiger partial charge in [0.25, 0.3) is 0 Å². The molecule has 2 heteroatoms. The van der Waals surface area contributed by atoms with Crippen LogP contribution in [-0.4, -0.2) is 0 Å². The van der Waals surface area contributed by atoms with Gasteiger partial charge in [0.05, 0.1) is 0 Å². The highest BCUT2D eigenvalue weighted by Gasteiger charge is 2.14. The SMILES string of the molecule is Brc1ccc2c(cc3ccc4c5ccccc5cc5ccc2c3c54)c1Br. The van der Waals surface area contributed by atoms with Crippen LogP contribution < -0.4 is 0 Å². The summed E-state index contributed by atoms with van der Waals surface area (Å²) in [4.78, 5) is 0. The van der Waals surface area contributed by atoms with Gasteiger partial charge in [-0.25, -0.2) is 0 Å². The highest BCUT2D eigenvalue weighted by atomic mass is 79.9. The molecule has 0 heterocycles. The van der Waals surface area contributed by atoms with Crippen LogP contribution in [0, 0.1) is 0 Å². The van der Waals surface area contributed by atoms with Crippen molar-refractivity contribution in [3.8, 4) is 0 Å². The zero-order valence-electron chi connectivity index (χ0n) is 13.7. The van der Waals surface area contributed by atoms with E-state index in [9.17, 15) is 0 Å². The van der Waals surface area contributed by atoms with Crippen molar-refractivity contribution in [2.75, 3.05) is 0 Å². The van der Waals surface area contributed by atoms with Crippen LogP contribution in [0.4, 0.5) is 0 Å². The molecule has 0 N–H and O–H groups in total. The van der Waals surface area contributed by atoms with E-state index in [1.165, 1.54) is 53.9 Å². The van der Waals surface area contributed by atoms with Gasteiger partial charge < -0.3 is 0 Å². The minimum Gasteiger partial charge on any atom is -0.0616 e. The molecule has 6 aromatic carbocycles. The summed E-state index contributed by atoms with van der Waals surface area (Å²) in [5, 5.41) is 13.2. The molecule has 122 valence electrons. The fraction of sp³-hybridized carbons (Fsp3) is 0. The monoisotopic (exact) mass is 458 g/mol. The third-order valence-corrected chi connectivity index (χ3v) is 7.56. The highest BCUT2D eigenvalue weighted by molar-refractivity contribution is 9.13. The Morgan fingerprint density at radius 1 is 0.462 bits per heavy atom. The van der Waals surface area contributed by atoms with Crippen LogP contribution in [0.3, 0.4) is 0 Å². The molecule has 0 aliphatic rings. The molecule has 0 radical (unpaired) electrons. The van der Waals surface area contributed by atoms with Gasteiger partial charge in [-0.3, -0.25) is 0 Å². The number of fused-ring (bicyclic) bond motifs is 4. The minimum absolute atomic E-state index is 1.09. The molecule has 0 nitrogen and oxygen atoms in total. The van der Waals surface area contributed by atoms with Crippen molar-refractivity contribution < 1.29 is 0 Å². The molecule has 0 unspecified atom stereocenters. The quantitative estimate of drug-likeness (QED) is 0.158. The molecule has 6 rings (SSSR count). The lowest BCUT2D eigenvalue weighted by Crippen LogP contribution is -1.88. The third-order valence-electron chi connectivity index (χ3n) is 5.51. The summed E-state index contributed by atoms with van der Waals surface area (Å²) in [6.45, 7) is 0. The molecular weight excluding hydrogens is 448 g/mol. The summed E-state index contributed by atoms with van der Waals surface area (Å²) in [6, 6.07) is 26.7. The van der Waals surface area contributed by atoms with Gasteiger partial charge in [-0.05, 0) is 104 Å². The molecule has 6 aromatic rings. The number of hydrogen-bond acceptors (Lipinski definition) is 0. The van der Waals surface area contributed by atoms with Gasteiger partial charge in [0.1, 0.15) is 0 Å². The summed E-state index contributed by atoms with van der Waals surface area (Å²) in [5.74, 6) is 0. The van der Waals surface area contributed by atoms with Crippen molar-refractivity contribution in [2.45, 2.75) is 0 Å². The first-order valence-corrected chi connectivity index (χ1v) is 10.2. The Hall–Kier alpha value is -2.16. The average Bonchev–Trinajstić information content (AvgIpc) is 2.68. The van der Waals surface area contributed by atoms with E-state index in [-0.39, 0.29) is 0 Å². The lowest BCUT2D eigenvalue weighted by atomic mass is 9.89. The van der Waals surface area contributed by atoms with Crippen LogP contribution in [0.15, 0.2) is 81.7 Å². The second-order valence-corrected chi connectivity index (χ2v) is 8.50. The zero-order valence-corrected chi connectivity index (χ0v) is 16.9. The summed E-state index contributed by atoms with van der Waals surface area (Å²) >= 11 is 7.40. The Labute approximate surface area is 167 Å². The zero-order chi connectivity index (χ0) is 17.4. The Morgan fingerprint density at radius 2 is 1.12 bits per heavy atom. The first-order chi connectivity index (χ1) is 12.7. The molecule has 0 aliphatic carbocycles. The first kappa shape index (κ1) is 15.0. The van der Waals surface area contributed by atoms with Crippen LogP contribution in [0.1, 0.15) is 0 Å². The normalized spacial score (nSPS) is 12.2. The fourth-order valence-electron chi connectivity index (χ4n) is 4.37. The maximum Gasteiger partial charge on any atom is 0.0396 e. The number of halogens is 2. The number of benzene rings is 6. The average molecular weight is 460 g/mol. The Kier molecular flexibility index (Phi) is 2.98. The topological polar surface area (TPSA) is 0 Å². The molecule has 0 fully saturated rings. The van der Waals surface area contributed by atoms with Crippen LogP contribution in [0.25, 0.3) is 53.9 Å². The van der Waals surface area contributed by atoms with Gasteiger partial charge in [-0.15, -0.1) is 0 Å². The van der Waals surface area contributed by atoms with Gasteiger partial charge >= 0.3 is 0 Å². The standard InChI is InChI=1S/C24H12Br2/c25-21-10-9-17-19-8-5-14-11-13-3-1-2-4-16(13)18-7-6-15(23(19)22(14)18)12-20(17)24(21)26/h1-12H. The van der Waals surface area contributed by atoms with Crippen molar-refractivity contribution in [3.63, 3.8) is 0 Å². The number of hydrogen-bond donors (Lipinski definition) is 0. The number of rotatable bonds is 0. The largest absolute Gasteiger partial charge is 0.0616 e. The summed E-state index contributed by atoms with van der Waals surface area (Å²) in [7, 11) is 0. The van der Waals surface area contributed by atoms with Gasteiger partial charge in [0, 0.05) is 8.95 Å². The molecule has 0 saturated carbocycles.